The van der Waals surface area contributed by atoms with Crippen molar-refractivity contribution in [3.05, 3.63) is 12.7 Å². The average molecular weight is 406 g/mol. The Morgan fingerprint density at radius 2 is 1.93 bits per heavy atom. The number of hydrogen-bond acceptors (Lipinski definition) is 8. The number of carboxylic acid groups (broad SMARTS) is 1. The molecule has 0 radical (unpaired) electrons. The first-order valence-corrected chi connectivity index (χ1v) is 9.35. The van der Waals surface area contributed by atoms with Crippen molar-refractivity contribution < 1.29 is 24.9 Å². The van der Waals surface area contributed by atoms with Gasteiger partial charge in [-0.3, -0.25) is 9.59 Å². The van der Waals surface area contributed by atoms with Crippen LogP contribution in [0.3, 0.4) is 0 Å². The van der Waals surface area contributed by atoms with Crippen molar-refractivity contribution in [2.45, 2.75) is 57.4 Å². The quantitative estimate of drug-likeness (QED) is 0.423. The summed E-state index contributed by atoms with van der Waals surface area (Å²) in [7, 11) is 1.71. The van der Waals surface area contributed by atoms with E-state index in [9.17, 15) is 19.8 Å². The summed E-state index contributed by atoms with van der Waals surface area (Å²) in [6, 6.07) is -1.21. The topological polar surface area (TPSA) is 162 Å². The van der Waals surface area contributed by atoms with Crippen LogP contribution in [-0.4, -0.2) is 72.0 Å². The number of aromatic nitrogens is 4. The molecule has 0 unspecified atom stereocenters. The number of rotatable bonds is 7. The van der Waals surface area contributed by atoms with Crippen LogP contribution in [-0.2, 0) is 9.59 Å². The minimum atomic E-state index is -1.17. The molecule has 0 aliphatic heterocycles. The number of hydrogen-bond donors (Lipinski definition) is 5. The highest BCUT2D eigenvalue weighted by Crippen LogP contribution is 2.35. The van der Waals surface area contributed by atoms with Gasteiger partial charge >= 0.3 is 5.97 Å². The van der Waals surface area contributed by atoms with Crippen molar-refractivity contribution in [1.29, 1.82) is 0 Å². The van der Waals surface area contributed by atoms with Gasteiger partial charge in [-0.15, -0.1) is 0 Å². The highest BCUT2D eigenvalue weighted by Gasteiger charge is 2.44. The molecule has 2 aromatic rings. The van der Waals surface area contributed by atoms with Crippen LogP contribution in [0.25, 0.3) is 11.2 Å². The predicted octanol–water partition coefficient (Wildman–Crippen LogP) is -0.0896. The standard InChI is InChI=1S/C18H26N6O5/c1-18(2,6-12(26)27)5-11(25)23-9-4-10(15(29)14(9)28)24-8-22-17-13(24)16(19-3)20-7-21-17/h7-10,14-15,28-29H,4-6H2,1-3H3,(H,23,25)(H,26,27)(H,19,20,21)/t9-,10+,14-,15+/m1/s1. The van der Waals surface area contributed by atoms with Crippen molar-refractivity contribution in [2.24, 2.45) is 5.41 Å². The zero-order valence-corrected chi connectivity index (χ0v) is 16.5. The number of nitrogens with one attached hydrogen (secondary N) is 2. The van der Waals surface area contributed by atoms with Crippen LogP contribution < -0.4 is 10.6 Å². The molecule has 2 aromatic heterocycles. The number of amides is 1. The fourth-order valence-corrected chi connectivity index (χ4v) is 3.90. The van der Waals surface area contributed by atoms with Crippen LogP contribution >= 0.6 is 0 Å². The molecule has 0 bridgehead atoms. The molecule has 11 heteroatoms. The van der Waals surface area contributed by atoms with Crippen LogP contribution in [0.1, 0.15) is 39.2 Å². The number of imidazole rings is 1. The summed E-state index contributed by atoms with van der Waals surface area (Å²) < 4.78 is 1.70. The SMILES string of the molecule is CNc1ncnc2ncn([C@H]3C[C@@H](NC(=O)CC(C)(C)CC(=O)O)[C@@H](O)[C@H]3O)c12. The summed E-state index contributed by atoms with van der Waals surface area (Å²) >= 11 is 0. The number of aliphatic carboxylic acids is 1. The van der Waals surface area contributed by atoms with Gasteiger partial charge in [-0.1, -0.05) is 13.8 Å². The maximum Gasteiger partial charge on any atom is 0.303 e. The summed E-state index contributed by atoms with van der Waals surface area (Å²) in [6.07, 6.45) is 0.730. The molecule has 2 heterocycles. The van der Waals surface area contributed by atoms with E-state index < -0.39 is 35.7 Å². The molecule has 0 aromatic carbocycles. The van der Waals surface area contributed by atoms with Crippen LogP contribution in [0, 0.1) is 5.41 Å². The van der Waals surface area contributed by atoms with E-state index >= 15 is 0 Å². The van der Waals surface area contributed by atoms with Gasteiger partial charge in [-0.2, -0.15) is 0 Å². The molecular weight excluding hydrogens is 380 g/mol. The van der Waals surface area contributed by atoms with E-state index in [2.05, 4.69) is 25.6 Å². The Bertz CT molecular complexity index is 913. The van der Waals surface area contributed by atoms with Crippen molar-refractivity contribution in [3.63, 3.8) is 0 Å². The smallest absolute Gasteiger partial charge is 0.303 e. The Morgan fingerprint density at radius 1 is 1.21 bits per heavy atom. The third kappa shape index (κ3) is 4.30. The monoisotopic (exact) mass is 406 g/mol. The first kappa shape index (κ1) is 20.9. The Balaban J connectivity index is 1.76. The third-order valence-electron chi connectivity index (χ3n) is 5.23. The second-order valence-corrected chi connectivity index (χ2v) is 8.17. The van der Waals surface area contributed by atoms with Crippen molar-refractivity contribution in [2.75, 3.05) is 12.4 Å². The van der Waals surface area contributed by atoms with Crippen LogP contribution in [0.15, 0.2) is 12.7 Å². The van der Waals surface area contributed by atoms with E-state index in [0.717, 1.165) is 0 Å². The van der Waals surface area contributed by atoms with Gasteiger partial charge in [0.25, 0.3) is 0 Å². The lowest BCUT2D eigenvalue weighted by atomic mass is 9.85. The zero-order valence-electron chi connectivity index (χ0n) is 16.5. The molecule has 0 spiro atoms. The fourth-order valence-electron chi connectivity index (χ4n) is 3.90. The molecule has 0 saturated heterocycles. The molecule has 1 saturated carbocycles. The summed E-state index contributed by atoms with van der Waals surface area (Å²) in [4.78, 5) is 35.9. The first-order chi connectivity index (χ1) is 13.6. The van der Waals surface area contributed by atoms with E-state index in [1.165, 1.54) is 12.7 Å². The van der Waals surface area contributed by atoms with Gasteiger partial charge in [-0.05, 0) is 11.8 Å². The van der Waals surface area contributed by atoms with E-state index in [-0.39, 0.29) is 25.2 Å². The Labute approximate surface area is 167 Å². The first-order valence-electron chi connectivity index (χ1n) is 9.35. The highest BCUT2D eigenvalue weighted by molar-refractivity contribution is 5.83. The number of aliphatic hydroxyl groups excluding tert-OH is 2. The van der Waals surface area contributed by atoms with Crippen LogP contribution in [0.5, 0.6) is 0 Å². The zero-order chi connectivity index (χ0) is 21.3. The lowest BCUT2D eigenvalue weighted by molar-refractivity contribution is -0.139. The van der Waals surface area contributed by atoms with Gasteiger partial charge < -0.3 is 30.5 Å². The maximum absolute atomic E-state index is 12.4. The number of fused-ring (bicyclic) bond motifs is 1. The van der Waals surface area contributed by atoms with Crippen molar-refractivity contribution >= 4 is 28.9 Å². The van der Waals surface area contributed by atoms with Crippen LogP contribution in [0.4, 0.5) is 5.82 Å². The Kier molecular flexibility index (Phi) is 5.71. The second kappa shape index (κ2) is 7.91. The van der Waals surface area contributed by atoms with Gasteiger partial charge in [0.05, 0.1) is 24.8 Å². The largest absolute Gasteiger partial charge is 0.481 e. The molecule has 4 atom stereocenters. The number of carbonyl (C=O) groups is 2. The lowest BCUT2D eigenvalue weighted by Gasteiger charge is -2.24. The van der Waals surface area contributed by atoms with Crippen molar-refractivity contribution in [3.8, 4) is 0 Å². The molecule has 29 heavy (non-hydrogen) atoms. The summed E-state index contributed by atoms with van der Waals surface area (Å²) in [5.41, 5.74) is 0.326. The summed E-state index contributed by atoms with van der Waals surface area (Å²) in [6.45, 7) is 3.39. The molecule has 1 amide bonds. The maximum atomic E-state index is 12.4. The predicted molar refractivity (Wildman–Crippen MR) is 103 cm³/mol. The number of aliphatic hydroxyl groups is 2. The third-order valence-corrected chi connectivity index (χ3v) is 5.23. The minimum Gasteiger partial charge on any atom is -0.481 e. The normalized spacial score (nSPS) is 24.6. The van der Waals surface area contributed by atoms with E-state index in [0.29, 0.717) is 17.0 Å². The molecule has 158 valence electrons. The van der Waals surface area contributed by atoms with E-state index in [1.807, 2.05) is 0 Å². The second-order valence-electron chi connectivity index (χ2n) is 8.17. The van der Waals surface area contributed by atoms with Gasteiger partial charge in [0, 0.05) is 13.5 Å². The van der Waals surface area contributed by atoms with Crippen LogP contribution in [0.2, 0.25) is 0 Å². The number of carbonyl (C=O) groups excluding carboxylic acids is 1. The Hall–Kier alpha value is -2.79. The molecular formula is C18H26N6O5. The van der Waals surface area contributed by atoms with E-state index in [4.69, 9.17) is 5.11 Å². The summed E-state index contributed by atoms with van der Waals surface area (Å²) in [5.74, 6) is -0.811. The Morgan fingerprint density at radius 3 is 2.59 bits per heavy atom. The molecule has 1 fully saturated rings. The molecule has 5 N–H and O–H groups in total. The molecule has 1 aliphatic carbocycles. The van der Waals surface area contributed by atoms with E-state index in [1.54, 1.807) is 25.5 Å². The van der Waals surface area contributed by atoms with Gasteiger partial charge in [0.2, 0.25) is 5.91 Å². The molecule has 11 nitrogen and oxygen atoms in total. The van der Waals surface area contributed by atoms with Crippen molar-refractivity contribution in [1.82, 2.24) is 24.8 Å². The number of anilines is 1. The fraction of sp³-hybridized carbons (Fsp3) is 0.611. The highest BCUT2D eigenvalue weighted by atomic mass is 16.4. The number of nitrogens with zero attached hydrogens (tertiary/aromatic N) is 4. The summed E-state index contributed by atoms with van der Waals surface area (Å²) in [5, 5.41) is 35.7. The average Bonchev–Trinajstić information content (AvgIpc) is 3.16. The minimum absolute atomic E-state index is 0.00493. The lowest BCUT2D eigenvalue weighted by Crippen LogP contribution is -2.44. The van der Waals surface area contributed by atoms with Gasteiger partial charge in [-0.25, -0.2) is 15.0 Å². The number of carboxylic acids is 1. The molecule has 1 aliphatic rings. The van der Waals surface area contributed by atoms with Gasteiger partial charge in [0.15, 0.2) is 11.5 Å². The molecule has 3 rings (SSSR count). The van der Waals surface area contributed by atoms with Gasteiger partial charge in [0.1, 0.15) is 24.1 Å².